The minimum atomic E-state index is -1.35. The van der Waals surface area contributed by atoms with Gasteiger partial charge in [0, 0.05) is 29.0 Å². The number of hydrogen-bond donors (Lipinski definition) is 1. The Hall–Kier alpha value is -3.65. The van der Waals surface area contributed by atoms with Gasteiger partial charge in [0.1, 0.15) is 11.5 Å². The van der Waals surface area contributed by atoms with Gasteiger partial charge in [-0.2, -0.15) is 0 Å². The van der Waals surface area contributed by atoms with Gasteiger partial charge >= 0.3 is 12.1 Å². The maximum Gasteiger partial charge on any atom is 0.415 e. The van der Waals surface area contributed by atoms with Crippen molar-refractivity contribution in [2.24, 2.45) is 11.8 Å². The molecular formula is C32H34BrNO6. The summed E-state index contributed by atoms with van der Waals surface area (Å²) < 4.78 is 12.3. The van der Waals surface area contributed by atoms with Gasteiger partial charge in [-0.05, 0) is 87.4 Å². The van der Waals surface area contributed by atoms with Crippen LogP contribution in [0.15, 0.2) is 71.2 Å². The van der Waals surface area contributed by atoms with Crippen LogP contribution in [0.25, 0.3) is 0 Å². The molecule has 1 aliphatic rings. The molecule has 4 rings (SSSR count). The van der Waals surface area contributed by atoms with Crippen LogP contribution < -0.4 is 9.47 Å². The molecule has 1 amide bonds. The second kappa shape index (κ2) is 12.3. The van der Waals surface area contributed by atoms with Crippen LogP contribution >= 0.6 is 15.9 Å². The van der Waals surface area contributed by atoms with E-state index in [2.05, 4.69) is 15.9 Å². The summed E-state index contributed by atoms with van der Waals surface area (Å²) in [5, 5.41) is 9.46. The molecule has 1 aliphatic heterocycles. The number of nitrogens with zero attached hydrogens (tertiary/aromatic N) is 1. The number of likely N-dealkylation sites (tertiary alicyclic amines) is 1. The number of para-hydroxylation sites is 1. The van der Waals surface area contributed by atoms with E-state index in [4.69, 9.17) is 9.47 Å². The molecular weight excluding hydrogens is 574 g/mol. The third-order valence-electron chi connectivity index (χ3n) is 7.31. The average molecular weight is 609 g/mol. The molecule has 40 heavy (non-hydrogen) atoms. The van der Waals surface area contributed by atoms with Gasteiger partial charge in [0.05, 0.1) is 0 Å². The number of aliphatic carboxylic acids is 1. The van der Waals surface area contributed by atoms with E-state index in [1.165, 1.54) is 13.8 Å². The average Bonchev–Trinajstić information content (AvgIpc) is 3.34. The van der Waals surface area contributed by atoms with Crippen molar-refractivity contribution in [3.05, 3.63) is 93.5 Å². The fourth-order valence-corrected chi connectivity index (χ4v) is 5.35. The van der Waals surface area contributed by atoms with Crippen molar-refractivity contribution in [1.82, 2.24) is 4.90 Å². The van der Waals surface area contributed by atoms with Crippen molar-refractivity contribution in [3.63, 3.8) is 0 Å². The van der Waals surface area contributed by atoms with Crippen LogP contribution in [0.4, 0.5) is 4.79 Å². The summed E-state index contributed by atoms with van der Waals surface area (Å²) in [6, 6.07) is 20.2. The van der Waals surface area contributed by atoms with E-state index in [1.807, 2.05) is 44.2 Å². The summed E-state index contributed by atoms with van der Waals surface area (Å²) in [6.45, 7) is 7.57. The highest BCUT2D eigenvalue weighted by Gasteiger charge is 2.40. The third-order valence-corrected chi connectivity index (χ3v) is 7.84. The highest BCUT2D eigenvalue weighted by Crippen LogP contribution is 2.34. The Morgan fingerprint density at radius 3 is 2.20 bits per heavy atom. The van der Waals surface area contributed by atoms with Gasteiger partial charge in [-0.3, -0.25) is 4.79 Å². The van der Waals surface area contributed by atoms with Crippen molar-refractivity contribution in [2.75, 3.05) is 13.1 Å². The van der Waals surface area contributed by atoms with Crippen LogP contribution in [0.5, 0.6) is 11.5 Å². The van der Waals surface area contributed by atoms with Crippen LogP contribution in [0, 0.1) is 25.7 Å². The predicted octanol–water partition coefficient (Wildman–Crippen LogP) is 6.87. The lowest BCUT2D eigenvalue weighted by Crippen LogP contribution is -2.38. The van der Waals surface area contributed by atoms with Crippen molar-refractivity contribution < 1.29 is 29.0 Å². The third kappa shape index (κ3) is 6.91. The second-order valence-electron chi connectivity index (χ2n) is 10.8. The molecule has 0 aliphatic carbocycles. The number of carbonyl (C=O) groups excluding carboxylic acids is 2. The maximum absolute atomic E-state index is 13.6. The quantitative estimate of drug-likeness (QED) is 0.267. The van der Waals surface area contributed by atoms with E-state index in [9.17, 15) is 19.5 Å². The van der Waals surface area contributed by atoms with E-state index >= 15 is 0 Å². The summed E-state index contributed by atoms with van der Waals surface area (Å²) in [5.74, 6) is -0.401. The first-order valence-electron chi connectivity index (χ1n) is 13.3. The van der Waals surface area contributed by atoms with Crippen molar-refractivity contribution in [2.45, 2.75) is 46.1 Å². The molecule has 1 fully saturated rings. The number of ether oxygens (including phenoxy) is 2. The molecule has 0 aromatic heterocycles. The molecule has 0 bridgehead atoms. The van der Waals surface area contributed by atoms with Crippen LogP contribution in [-0.4, -0.2) is 46.5 Å². The van der Waals surface area contributed by atoms with Gasteiger partial charge < -0.3 is 19.5 Å². The number of Topliss-reactive ketones (excluding diaryl/α,β-unsaturated/α-hetero) is 1. The molecule has 1 heterocycles. The van der Waals surface area contributed by atoms with Crippen LogP contribution in [0.2, 0.25) is 0 Å². The lowest BCUT2D eigenvalue weighted by Gasteiger charge is -2.25. The monoisotopic (exact) mass is 607 g/mol. The van der Waals surface area contributed by atoms with Gasteiger partial charge in [0.15, 0.2) is 11.4 Å². The van der Waals surface area contributed by atoms with Crippen LogP contribution in [0.3, 0.4) is 0 Å². The van der Waals surface area contributed by atoms with Gasteiger partial charge in [-0.15, -0.1) is 0 Å². The molecule has 210 valence electrons. The Bertz CT molecular complexity index is 1360. The molecule has 7 nitrogen and oxygen atoms in total. The summed E-state index contributed by atoms with van der Waals surface area (Å²) in [4.78, 5) is 39.8. The fourth-order valence-electron chi connectivity index (χ4n) is 5.09. The number of hydrogen-bond acceptors (Lipinski definition) is 5. The molecule has 0 saturated carbocycles. The Labute approximate surface area is 243 Å². The molecule has 3 aromatic rings. The summed E-state index contributed by atoms with van der Waals surface area (Å²) in [5.41, 5.74) is 2.04. The first-order chi connectivity index (χ1) is 18.9. The van der Waals surface area contributed by atoms with Gasteiger partial charge in [0.2, 0.25) is 0 Å². The second-order valence-corrected chi connectivity index (χ2v) is 11.8. The van der Waals surface area contributed by atoms with Crippen molar-refractivity contribution in [3.8, 4) is 11.5 Å². The minimum Gasteiger partial charge on any atom is -0.478 e. The topological polar surface area (TPSA) is 93.1 Å². The zero-order valence-electron chi connectivity index (χ0n) is 23.1. The number of aryl methyl sites for hydroxylation is 3. The normalized spacial score (nSPS) is 17.0. The van der Waals surface area contributed by atoms with Crippen molar-refractivity contribution in [1.29, 1.82) is 0 Å². The molecule has 1 N–H and O–H groups in total. The molecule has 1 saturated heterocycles. The number of carbonyl (C=O) groups is 3. The number of rotatable bonds is 9. The Morgan fingerprint density at radius 1 is 0.975 bits per heavy atom. The number of amides is 1. The first kappa shape index (κ1) is 29.3. The number of ketones is 1. The maximum atomic E-state index is 13.6. The molecule has 3 aromatic carbocycles. The largest absolute Gasteiger partial charge is 0.478 e. The predicted molar refractivity (Wildman–Crippen MR) is 156 cm³/mol. The Kier molecular flexibility index (Phi) is 8.98. The van der Waals surface area contributed by atoms with Gasteiger partial charge in [0.25, 0.3) is 0 Å². The summed E-state index contributed by atoms with van der Waals surface area (Å²) in [7, 11) is 0. The Morgan fingerprint density at radius 2 is 1.60 bits per heavy atom. The van der Waals surface area contributed by atoms with Gasteiger partial charge in [-0.25, -0.2) is 9.59 Å². The molecule has 0 radical (unpaired) electrons. The molecule has 2 unspecified atom stereocenters. The zero-order valence-corrected chi connectivity index (χ0v) is 24.7. The highest BCUT2D eigenvalue weighted by atomic mass is 79.9. The Balaban J connectivity index is 1.51. The summed E-state index contributed by atoms with van der Waals surface area (Å²) in [6.07, 6.45) is 0.930. The van der Waals surface area contributed by atoms with E-state index in [-0.39, 0.29) is 17.6 Å². The van der Waals surface area contributed by atoms with Crippen molar-refractivity contribution >= 4 is 33.8 Å². The van der Waals surface area contributed by atoms with Crippen LogP contribution in [0.1, 0.15) is 47.3 Å². The number of halogens is 1. The smallest absolute Gasteiger partial charge is 0.415 e. The number of carboxylic acids is 1. The SMILES string of the molecule is Cc1cc(CCC2CN(C(=O)Oc3ccccc3)CC2C(=O)c2ccc(Br)cc2)cc(C)c1OC(C)(C)C(=O)O. The van der Waals surface area contributed by atoms with E-state index < -0.39 is 17.7 Å². The lowest BCUT2D eigenvalue weighted by atomic mass is 9.84. The first-order valence-corrected chi connectivity index (χ1v) is 14.1. The molecule has 0 spiro atoms. The number of benzene rings is 3. The standard InChI is InChI=1S/C32H34BrNO6/c1-20-16-22(17-21(2)29(20)40-32(3,4)30(36)37)10-11-24-18-34(31(38)39-26-8-6-5-7-9-26)19-27(24)28(35)23-12-14-25(33)15-13-23/h5-9,12-17,24,27H,10-11,18-19H2,1-4H3,(H,36,37). The fraction of sp³-hybridized carbons (Fsp3) is 0.344. The molecule has 2 atom stereocenters. The minimum absolute atomic E-state index is 0.0134. The van der Waals surface area contributed by atoms with E-state index in [0.29, 0.717) is 43.0 Å². The highest BCUT2D eigenvalue weighted by molar-refractivity contribution is 9.10. The summed E-state index contributed by atoms with van der Waals surface area (Å²) >= 11 is 3.42. The van der Waals surface area contributed by atoms with E-state index in [0.717, 1.165) is 21.2 Å². The number of carboxylic acid groups (broad SMARTS) is 1. The zero-order chi connectivity index (χ0) is 29.0. The van der Waals surface area contributed by atoms with E-state index in [1.54, 1.807) is 41.3 Å². The van der Waals surface area contributed by atoms with Crippen LogP contribution in [-0.2, 0) is 11.2 Å². The van der Waals surface area contributed by atoms with Gasteiger partial charge in [-0.1, -0.05) is 58.4 Å². The molecule has 8 heteroatoms. The lowest BCUT2D eigenvalue weighted by molar-refractivity contribution is -0.152.